The summed E-state index contributed by atoms with van der Waals surface area (Å²) in [4.78, 5) is 16.5. The van der Waals surface area contributed by atoms with Crippen LogP contribution in [0.15, 0.2) is 39.5 Å². The number of likely N-dealkylation sites (N-methyl/N-ethyl adjacent to an activating group) is 1. The minimum absolute atomic E-state index is 0.0883. The Morgan fingerprint density at radius 2 is 1.78 bits per heavy atom. The molecule has 1 aliphatic rings. The lowest BCUT2D eigenvalue weighted by atomic mass is 10.1. The van der Waals surface area contributed by atoms with Gasteiger partial charge in [-0.05, 0) is 14.0 Å². The lowest BCUT2D eigenvalue weighted by Gasteiger charge is -2.34. The Balaban J connectivity index is 2.05. The zero-order valence-corrected chi connectivity index (χ0v) is 13.4. The minimum Gasteiger partial charge on any atom is -0.422 e. The van der Waals surface area contributed by atoms with Crippen LogP contribution in [0.5, 0.6) is 0 Å². The Morgan fingerprint density at radius 1 is 1.13 bits per heavy atom. The second-order valence-electron chi connectivity index (χ2n) is 5.93. The molecule has 1 aromatic carbocycles. The van der Waals surface area contributed by atoms with Crippen molar-refractivity contribution in [3.05, 3.63) is 51.9 Å². The van der Waals surface area contributed by atoms with Crippen LogP contribution in [0.1, 0.15) is 11.1 Å². The summed E-state index contributed by atoms with van der Waals surface area (Å²) >= 11 is 0. The predicted molar refractivity (Wildman–Crippen MR) is 89.6 cm³/mol. The summed E-state index contributed by atoms with van der Waals surface area (Å²) in [5, 5.41) is 9.33. The van der Waals surface area contributed by atoms with Crippen molar-refractivity contribution in [2.24, 2.45) is 0 Å². The van der Waals surface area contributed by atoms with Crippen LogP contribution in [0.2, 0.25) is 0 Å². The largest absolute Gasteiger partial charge is 0.422 e. The number of rotatable bonds is 2. The minimum atomic E-state index is -0.570. The fourth-order valence-electron chi connectivity index (χ4n) is 2.74. The quantitative estimate of drug-likeness (QED) is 0.851. The summed E-state index contributed by atoms with van der Waals surface area (Å²) in [6.45, 7) is 5.41. The van der Waals surface area contributed by atoms with E-state index < -0.39 is 5.63 Å². The van der Waals surface area contributed by atoms with Gasteiger partial charge in [0.1, 0.15) is 11.8 Å². The molecular formula is C18H19N3O2. The Hall–Kier alpha value is -2.58. The molecule has 3 rings (SSSR count). The molecule has 0 atom stereocenters. The van der Waals surface area contributed by atoms with Crippen LogP contribution in [0.3, 0.4) is 0 Å². The van der Waals surface area contributed by atoms with Gasteiger partial charge >= 0.3 is 5.63 Å². The number of nitriles is 1. The molecule has 2 aromatic rings. The van der Waals surface area contributed by atoms with E-state index in [1.807, 2.05) is 43.3 Å². The predicted octanol–water partition coefficient (Wildman–Crippen LogP) is 2.24. The molecule has 0 radical (unpaired) electrons. The van der Waals surface area contributed by atoms with Crippen LogP contribution in [0.25, 0.3) is 11.3 Å². The van der Waals surface area contributed by atoms with E-state index in [0.29, 0.717) is 11.4 Å². The van der Waals surface area contributed by atoms with Gasteiger partial charge in [0.05, 0.1) is 5.69 Å². The van der Waals surface area contributed by atoms with E-state index in [1.54, 1.807) is 0 Å². The fourth-order valence-corrected chi connectivity index (χ4v) is 2.74. The third kappa shape index (κ3) is 3.13. The Bertz CT molecular complexity index is 794. The summed E-state index contributed by atoms with van der Waals surface area (Å²) in [5.74, 6) is 0.503. The zero-order chi connectivity index (χ0) is 16.4. The van der Waals surface area contributed by atoms with Gasteiger partial charge < -0.3 is 14.2 Å². The maximum absolute atomic E-state index is 12.2. The molecule has 1 aromatic heterocycles. The van der Waals surface area contributed by atoms with Crippen LogP contribution < -0.4 is 10.5 Å². The maximum Gasteiger partial charge on any atom is 0.356 e. The van der Waals surface area contributed by atoms with Gasteiger partial charge in [-0.2, -0.15) is 5.26 Å². The lowest BCUT2D eigenvalue weighted by Crippen LogP contribution is -2.45. The topological polar surface area (TPSA) is 60.5 Å². The zero-order valence-electron chi connectivity index (χ0n) is 13.4. The van der Waals surface area contributed by atoms with Gasteiger partial charge in [0.2, 0.25) is 0 Å². The lowest BCUT2D eigenvalue weighted by molar-refractivity contribution is 0.312. The number of benzene rings is 1. The average molecular weight is 309 g/mol. The number of anilines is 1. The van der Waals surface area contributed by atoms with E-state index in [2.05, 4.69) is 16.8 Å². The van der Waals surface area contributed by atoms with E-state index >= 15 is 0 Å². The molecule has 0 bridgehead atoms. The van der Waals surface area contributed by atoms with Gasteiger partial charge in [0, 0.05) is 37.8 Å². The summed E-state index contributed by atoms with van der Waals surface area (Å²) in [5.41, 5.74) is 2.17. The monoisotopic (exact) mass is 309 g/mol. The summed E-state index contributed by atoms with van der Waals surface area (Å²) in [7, 11) is 2.07. The van der Waals surface area contributed by atoms with Crippen molar-refractivity contribution in [2.45, 2.75) is 6.92 Å². The fraction of sp³-hybridized carbons (Fsp3) is 0.333. The van der Waals surface area contributed by atoms with E-state index in [1.165, 1.54) is 0 Å². The molecule has 0 N–H and O–H groups in total. The molecule has 0 spiro atoms. The van der Waals surface area contributed by atoms with E-state index in [0.717, 1.165) is 37.3 Å². The van der Waals surface area contributed by atoms with E-state index in [4.69, 9.17) is 4.42 Å². The van der Waals surface area contributed by atoms with Gasteiger partial charge in [-0.3, -0.25) is 0 Å². The van der Waals surface area contributed by atoms with Crippen LogP contribution in [0.4, 0.5) is 5.69 Å². The second kappa shape index (κ2) is 6.27. The van der Waals surface area contributed by atoms with Crippen molar-refractivity contribution >= 4 is 5.69 Å². The van der Waals surface area contributed by atoms with Crippen LogP contribution in [0, 0.1) is 18.3 Å². The van der Waals surface area contributed by atoms with Crippen molar-refractivity contribution in [2.75, 3.05) is 38.1 Å². The average Bonchev–Trinajstić information content (AvgIpc) is 2.55. The van der Waals surface area contributed by atoms with Crippen LogP contribution in [-0.2, 0) is 0 Å². The number of aryl methyl sites for hydroxylation is 1. The van der Waals surface area contributed by atoms with Crippen molar-refractivity contribution in [1.29, 1.82) is 5.26 Å². The second-order valence-corrected chi connectivity index (χ2v) is 5.93. The van der Waals surface area contributed by atoms with Crippen molar-refractivity contribution in [3.63, 3.8) is 0 Å². The van der Waals surface area contributed by atoms with Crippen molar-refractivity contribution in [1.82, 2.24) is 4.90 Å². The Labute approximate surface area is 135 Å². The smallest absolute Gasteiger partial charge is 0.356 e. The summed E-state index contributed by atoms with van der Waals surface area (Å²) in [6.07, 6.45) is 0. The molecule has 1 fully saturated rings. The standard InChI is InChI=1S/C18H19N3O2/c1-13-3-5-14(6-4-13)17-11-16(15(12-19)18(22)23-17)21-9-7-20(2)8-10-21/h3-6,11H,7-10H2,1-2H3. The molecule has 5 heteroatoms. The molecule has 118 valence electrons. The van der Waals surface area contributed by atoms with Gasteiger partial charge in [-0.25, -0.2) is 4.79 Å². The Kier molecular flexibility index (Phi) is 4.18. The van der Waals surface area contributed by atoms with Crippen molar-refractivity contribution in [3.8, 4) is 17.4 Å². The van der Waals surface area contributed by atoms with E-state index in [9.17, 15) is 10.1 Å². The van der Waals surface area contributed by atoms with E-state index in [-0.39, 0.29) is 5.56 Å². The SMILES string of the molecule is Cc1ccc(-c2cc(N3CCN(C)CC3)c(C#N)c(=O)o2)cc1. The van der Waals surface area contributed by atoms with Crippen molar-refractivity contribution < 1.29 is 4.42 Å². The van der Waals surface area contributed by atoms with Gasteiger partial charge in [0.25, 0.3) is 0 Å². The highest BCUT2D eigenvalue weighted by Gasteiger charge is 2.21. The number of hydrogen-bond donors (Lipinski definition) is 0. The number of nitrogens with zero attached hydrogens (tertiary/aromatic N) is 3. The highest BCUT2D eigenvalue weighted by molar-refractivity contribution is 5.67. The molecule has 0 aliphatic carbocycles. The molecule has 1 saturated heterocycles. The molecule has 2 heterocycles. The van der Waals surface area contributed by atoms with Crippen LogP contribution in [-0.4, -0.2) is 38.1 Å². The highest BCUT2D eigenvalue weighted by atomic mass is 16.4. The van der Waals surface area contributed by atoms with Gasteiger partial charge in [-0.15, -0.1) is 0 Å². The first-order valence-corrected chi connectivity index (χ1v) is 7.67. The molecule has 0 unspecified atom stereocenters. The number of piperazine rings is 1. The molecule has 1 aliphatic heterocycles. The Morgan fingerprint density at radius 3 is 2.39 bits per heavy atom. The van der Waals surface area contributed by atoms with Crippen LogP contribution >= 0.6 is 0 Å². The summed E-state index contributed by atoms with van der Waals surface area (Å²) < 4.78 is 5.36. The van der Waals surface area contributed by atoms with Gasteiger partial charge in [0.15, 0.2) is 5.56 Å². The number of hydrogen-bond acceptors (Lipinski definition) is 5. The first-order valence-electron chi connectivity index (χ1n) is 7.67. The summed E-state index contributed by atoms with van der Waals surface area (Å²) in [6, 6.07) is 11.6. The first-order chi connectivity index (χ1) is 11.1. The normalized spacial score (nSPS) is 15.4. The highest BCUT2D eigenvalue weighted by Crippen LogP contribution is 2.26. The van der Waals surface area contributed by atoms with Gasteiger partial charge in [-0.1, -0.05) is 29.8 Å². The maximum atomic E-state index is 12.2. The third-order valence-corrected chi connectivity index (χ3v) is 4.22. The molecule has 0 amide bonds. The molecular weight excluding hydrogens is 290 g/mol. The molecule has 5 nitrogen and oxygen atoms in total. The molecule has 0 saturated carbocycles. The molecule has 23 heavy (non-hydrogen) atoms. The first kappa shape index (κ1) is 15.3. The third-order valence-electron chi connectivity index (χ3n) is 4.22.